The Kier molecular flexibility index (Phi) is 17.2. The molecule has 0 bridgehead atoms. The minimum atomic E-state index is -1.48. The van der Waals surface area contributed by atoms with E-state index < -0.39 is 20.4 Å². The highest BCUT2D eigenvalue weighted by Gasteiger charge is 2.47. The topological polar surface area (TPSA) is 84.2 Å². The van der Waals surface area contributed by atoms with Crippen LogP contribution in [0.3, 0.4) is 0 Å². The van der Waals surface area contributed by atoms with Crippen molar-refractivity contribution in [2.75, 3.05) is 40.6 Å². The van der Waals surface area contributed by atoms with Crippen molar-refractivity contribution in [1.82, 2.24) is 9.99 Å². The SMILES string of the molecule is [C-]#[N+]CCOP(OC1C(C)C(CC)OC(OCCOC(c2ccccc2)(c2ccc(OC)cc2)c2ccc(OC)cc2)C1NC(C)C)N(C(C)C)C(C)C. The third-order valence-corrected chi connectivity index (χ3v) is 11.8. The molecule has 0 radical (unpaired) electrons. The standard InChI is InChI=1S/C43H62N3O7P/c1-12-39-33(8)41(53-54(51-27-26-44-9)46(31(4)5)32(6)7)40(45-30(2)3)42(52-39)49-28-29-50-43(34-16-14-13-15-17-34,35-18-22-37(47-10)23-19-35)36-20-24-38(48-11)25-21-36/h13-25,30-33,39-42,45H,12,26-29H2,1-8,10-11H3. The van der Waals surface area contributed by atoms with Gasteiger partial charge in [-0.2, -0.15) is 0 Å². The number of hydrogen-bond acceptors (Lipinski definition) is 9. The number of rotatable bonds is 21. The van der Waals surface area contributed by atoms with E-state index in [2.05, 4.69) is 107 Å². The fourth-order valence-electron chi connectivity index (χ4n) is 7.23. The van der Waals surface area contributed by atoms with Gasteiger partial charge in [0.15, 0.2) is 6.29 Å². The van der Waals surface area contributed by atoms with Gasteiger partial charge >= 0.3 is 0 Å². The molecule has 0 amide bonds. The molecule has 1 aliphatic heterocycles. The van der Waals surface area contributed by atoms with E-state index in [1.165, 1.54) is 0 Å². The molecule has 1 saturated heterocycles. The zero-order chi connectivity index (χ0) is 39.3. The van der Waals surface area contributed by atoms with Gasteiger partial charge in [0.25, 0.3) is 8.53 Å². The second-order valence-corrected chi connectivity index (χ2v) is 15.9. The first-order valence-corrected chi connectivity index (χ1v) is 20.4. The number of benzene rings is 3. The third-order valence-electron chi connectivity index (χ3n) is 9.71. The summed E-state index contributed by atoms with van der Waals surface area (Å²) < 4.78 is 47.3. The molecule has 11 heteroatoms. The van der Waals surface area contributed by atoms with Crippen LogP contribution in [-0.4, -0.2) is 87.9 Å². The van der Waals surface area contributed by atoms with Crippen LogP contribution in [0, 0.1) is 12.5 Å². The van der Waals surface area contributed by atoms with E-state index >= 15 is 0 Å². The molecule has 3 aromatic carbocycles. The molecule has 3 aromatic rings. The first-order valence-electron chi connectivity index (χ1n) is 19.2. The fourth-order valence-corrected chi connectivity index (χ4v) is 9.06. The summed E-state index contributed by atoms with van der Waals surface area (Å²) in [6.07, 6.45) is -0.188. The Bertz CT molecular complexity index is 1500. The van der Waals surface area contributed by atoms with E-state index in [9.17, 15) is 0 Å². The van der Waals surface area contributed by atoms with Gasteiger partial charge in [-0.25, -0.2) is 11.2 Å². The van der Waals surface area contributed by atoms with Crippen molar-refractivity contribution in [1.29, 1.82) is 0 Å². The van der Waals surface area contributed by atoms with E-state index in [-0.39, 0.29) is 62.1 Å². The highest BCUT2D eigenvalue weighted by atomic mass is 31.2. The number of hydrogen-bond donors (Lipinski definition) is 1. The predicted molar refractivity (Wildman–Crippen MR) is 216 cm³/mol. The molecular formula is C43H62N3O7P. The van der Waals surface area contributed by atoms with E-state index in [4.69, 9.17) is 39.3 Å². The molecule has 1 heterocycles. The van der Waals surface area contributed by atoms with Crippen LogP contribution in [0.1, 0.15) is 78.5 Å². The van der Waals surface area contributed by atoms with Crippen LogP contribution < -0.4 is 14.8 Å². The number of nitrogens with zero attached hydrogens (tertiary/aromatic N) is 2. The number of ether oxygens (including phenoxy) is 5. The maximum absolute atomic E-state index is 7.33. The molecule has 1 fully saturated rings. The highest BCUT2D eigenvalue weighted by molar-refractivity contribution is 7.44. The van der Waals surface area contributed by atoms with Crippen molar-refractivity contribution in [2.45, 2.75) is 110 Å². The molecule has 0 spiro atoms. The predicted octanol–water partition coefficient (Wildman–Crippen LogP) is 8.83. The molecular weight excluding hydrogens is 701 g/mol. The monoisotopic (exact) mass is 763 g/mol. The summed E-state index contributed by atoms with van der Waals surface area (Å²) in [5, 5.41) is 3.73. The molecule has 296 valence electrons. The van der Waals surface area contributed by atoms with Crippen LogP contribution in [0.4, 0.5) is 0 Å². The Morgan fingerprint density at radius 3 is 1.85 bits per heavy atom. The molecule has 0 saturated carbocycles. The lowest BCUT2D eigenvalue weighted by Gasteiger charge is -2.48. The average Bonchev–Trinajstić information content (AvgIpc) is 3.17. The summed E-state index contributed by atoms with van der Waals surface area (Å²) in [5.74, 6) is 1.58. The summed E-state index contributed by atoms with van der Waals surface area (Å²) in [6, 6.07) is 26.5. The van der Waals surface area contributed by atoms with Crippen molar-refractivity contribution in [3.8, 4) is 11.5 Å². The van der Waals surface area contributed by atoms with Crippen molar-refractivity contribution >= 4 is 8.53 Å². The van der Waals surface area contributed by atoms with E-state index in [1.54, 1.807) is 14.2 Å². The van der Waals surface area contributed by atoms with Gasteiger partial charge in [0.2, 0.25) is 6.54 Å². The summed E-state index contributed by atoms with van der Waals surface area (Å²) in [6.45, 7) is 25.6. The Balaban J connectivity index is 1.66. The Labute approximate surface area is 325 Å². The van der Waals surface area contributed by atoms with Crippen molar-refractivity contribution in [3.05, 3.63) is 107 Å². The quantitative estimate of drug-likeness (QED) is 0.0496. The van der Waals surface area contributed by atoms with E-state index in [1.807, 2.05) is 42.5 Å². The van der Waals surface area contributed by atoms with Crippen LogP contribution in [0.15, 0.2) is 78.9 Å². The lowest BCUT2D eigenvalue weighted by Crippen LogP contribution is -2.62. The molecule has 10 nitrogen and oxygen atoms in total. The Morgan fingerprint density at radius 1 is 0.815 bits per heavy atom. The van der Waals surface area contributed by atoms with E-state index in [0.717, 1.165) is 34.6 Å². The lowest BCUT2D eigenvalue weighted by molar-refractivity contribution is -0.251. The van der Waals surface area contributed by atoms with Gasteiger partial charge < -0.3 is 42.9 Å². The van der Waals surface area contributed by atoms with Crippen LogP contribution in [0.5, 0.6) is 11.5 Å². The first-order chi connectivity index (χ1) is 26.0. The second-order valence-electron chi connectivity index (χ2n) is 14.5. The lowest BCUT2D eigenvalue weighted by atomic mass is 9.80. The second kappa shape index (κ2) is 21.3. The summed E-state index contributed by atoms with van der Waals surface area (Å²) in [5.41, 5.74) is 1.92. The summed E-state index contributed by atoms with van der Waals surface area (Å²) >= 11 is 0. The summed E-state index contributed by atoms with van der Waals surface area (Å²) in [7, 11) is 1.85. The zero-order valence-corrected chi connectivity index (χ0v) is 34.8. The molecule has 1 aliphatic rings. The van der Waals surface area contributed by atoms with Gasteiger partial charge in [0.05, 0.1) is 45.7 Å². The van der Waals surface area contributed by atoms with Gasteiger partial charge in [-0.05, 0) is 75.1 Å². The minimum absolute atomic E-state index is 0.0499. The van der Waals surface area contributed by atoms with Crippen molar-refractivity contribution in [2.24, 2.45) is 5.92 Å². The molecule has 0 aromatic heterocycles. The highest BCUT2D eigenvalue weighted by Crippen LogP contribution is 2.50. The smallest absolute Gasteiger partial charge is 0.259 e. The Morgan fingerprint density at radius 2 is 1.37 bits per heavy atom. The van der Waals surface area contributed by atoms with Gasteiger partial charge in [-0.3, -0.25) is 0 Å². The molecule has 54 heavy (non-hydrogen) atoms. The molecule has 4 rings (SSSR count). The largest absolute Gasteiger partial charge is 0.497 e. The van der Waals surface area contributed by atoms with Crippen molar-refractivity contribution in [3.63, 3.8) is 0 Å². The number of nitrogens with one attached hydrogen (secondary N) is 1. The van der Waals surface area contributed by atoms with Crippen molar-refractivity contribution < 1.29 is 32.7 Å². The molecule has 6 unspecified atom stereocenters. The third kappa shape index (κ3) is 10.8. The Hall–Kier alpha value is -3.10. The molecule has 1 N–H and O–H groups in total. The zero-order valence-electron chi connectivity index (χ0n) is 33.9. The maximum atomic E-state index is 7.33. The molecule has 6 atom stereocenters. The first kappa shape index (κ1) is 43.6. The van der Waals surface area contributed by atoms with Gasteiger partial charge in [-0.1, -0.05) is 82.3 Å². The minimum Gasteiger partial charge on any atom is -0.497 e. The fraction of sp³-hybridized carbons (Fsp3) is 0.558. The molecule has 0 aliphatic carbocycles. The van der Waals surface area contributed by atoms with Crippen LogP contribution >= 0.6 is 8.53 Å². The van der Waals surface area contributed by atoms with Crippen LogP contribution in [0.25, 0.3) is 4.85 Å². The average molecular weight is 764 g/mol. The van der Waals surface area contributed by atoms with Gasteiger partial charge in [0, 0.05) is 24.0 Å². The summed E-state index contributed by atoms with van der Waals surface area (Å²) in [4.78, 5) is 3.53. The number of methoxy groups -OCH3 is 2. The van der Waals surface area contributed by atoms with Gasteiger partial charge in [0.1, 0.15) is 23.7 Å². The van der Waals surface area contributed by atoms with Crippen LogP contribution in [-0.2, 0) is 28.9 Å². The van der Waals surface area contributed by atoms with Crippen LogP contribution in [0.2, 0.25) is 0 Å². The normalized spacial score (nSPS) is 21.1. The maximum Gasteiger partial charge on any atom is 0.259 e. The van der Waals surface area contributed by atoms with E-state index in [0.29, 0.717) is 6.61 Å². The van der Waals surface area contributed by atoms with Gasteiger partial charge in [-0.15, -0.1) is 0 Å².